The molecule has 4 rings (SSSR count). The van der Waals surface area contributed by atoms with Crippen LogP contribution in [0.15, 0.2) is 18.3 Å². The number of halogens is 6. The Morgan fingerprint density at radius 3 is 2.36 bits per heavy atom. The van der Waals surface area contributed by atoms with Crippen LogP contribution >= 0.6 is 0 Å². The van der Waals surface area contributed by atoms with Crippen LogP contribution in [0.4, 0.5) is 31.1 Å². The van der Waals surface area contributed by atoms with Gasteiger partial charge in [0, 0.05) is 43.9 Å². The van der Waals surface area contributed by atoms with Crippen molar-refractivity contribution in [2.24, 2.45) is 0 Å². The highest BCUT2D eigenvalue weighted by Crippen LogP contribution is 2.43. The van der Waals surface area contributed by atoms with Gasteiger partial charge in [-0.1, -0.05) is 0 Å². The molecule has 0 saturated carbocycles. The standard InChI is InChI=1S/C23H26F6N4O5S/c1-22(2,3)38-21(34)30-16-7-18(32-8-11-9-33(39(4,35)36)31-17(11)10-32)20(23(27,28)29)37-19(16)12-5-14(25)15(26)6-13(12)24/h5-6,9,16,18-20H,7-8,10H2,1-4H3,(H,30,34)/t16-,18+,19+,20-/m0/s1/i18D. The topological polar surface area (TPSA) is 103 Å². The van der Waals surface area contributed by atoms with E-state index in [0.717, 1.165) is 17.4 Å². The summed E-state index contributed by atoms with van der Waals surface area (Å²) < 4.78 is 129. The molecule has 9 nitrogen and oxygen atoms in total. The Morgan fingerprint density at radius 2 is 1.79 bits per heavy atom. The molecule has 2 aliphatic rings. The Kier molecular flexibility index (Phi) is 7.08. The number of ether oxygens (including phenoxy) is 2. The second-order valence-electron chi connectivity index (χ2n) is 10.3. The van der Waals surface area contributed by atoms with Crippen molar-refractivity contribution < 1.29 is 50.4 Å². The lowest BCUT2D eigenvalue weighted by Crippen LogP contribution is -2.59. The number of nitrogens with zero attached hydrogens (tertiary/aromatic N) is 3. The maximum atomic E-state index is 14.8. The third-order valence-corrected chi connectivity index (χ3v) is 6.90. The number of alkyl halides is 3. The van der Waals surface area contributed by atoms with E-state index in [9.17, 15) is 39.6 Å². The van der Waals surface area contributed by atoms with Crippen molar-refractivity contribution in [2.75, 3.05) is 6.26 Å². The van der Waals surface area contributed by atoms with Crippen LogP contribution in [0, 0.1) is 17.5 Å². The second kappa shape index (κ2) is 9.96. The van der Waals surface area contributed by atoms with Gasteiger partial charge >= 0.3 is 12.3 Å². The molecule has 2 aliphatic heterocycles. The molecule has 3 heterocycles. The SMILES string of the molecule is [2H][C@@]1(N2Cc3cn(S(C)(=O)=O)nc3C2)C[C@H](NC(=O)OC(C)(C)C)[C@@H](c2cc(F)c(F)cc2F)O[C@@H]1C(F)(F)F. The summed E-state index contributed by atoms with van der Waals surface area (Å²) in [6.07, 6.45) is -10.1. The van der Waals surface area contributed by atoms with Crippen LogP contribution in [0.25, 0.3) is 0 Å². The van der Waals surface area contributed by atoms with E-state index in [1.807, 2.05) is 0 Å². The van der Waals surface area contributed by atoms with Gasteiger partial charge in [0.05, 0.1) is 18.0 Å². The minimum absolute atomic E-state index is 0.114. The summed E-state index contributed by atoms with van der Waals surface area (Å²) in [5.74, 6) is -4.57. The highest BCUT2D eigenvalue weighted by Gasteiger charge is 2.55. The number of carbonyl (C=O) groups is 1. The van der Waals surface area contributed by atoms with Crippen molar-refractivity contribution in [1.82, 2.24) is 19.4 Å². The third-order valence-electron chi connectivity index (χ3n) is 6.03. The zero-order chi connectivity index (χ0) is 30.0. The maximum Gasteiger partial charge on any atom is 0.416 e. The normalized spacial score (nSPS) is 26.7. The van der Waals surface area contributed by atoms with E-state index in [1.165, 1.54) is 20.8 Å². The molecule has 0 bridgehead atoms. The minimum atomic E-state index is -5.21. The van der Waals surface area contributed by atoms with Crippen molar-refractivity contribution in [3.05, 3.63) is 52.6 Å². The van der Waals surface area contributed by atoms with E-state index in [2.05, 4.69) is 10.4 Å². The first kappa shape index (κ1) is 27.7. The Hall–Kier alpha value is -2.85. The zero-order valence-electron chi connectivity index (χ0n) is 22.1. The number of rotatable bonds is 4. The lowest BCUT2D eigenvalue weighted by molar-refractivity contribution is -0.270. The van der Waals surface area contributed by atoms with E-state index in [0.29, 0.717) is 10.2 Å². The Balaban J connectivity index is 1.75. The molecule has 1 fully saturated rings. The van der Waals surface area contributed by atoms with Gasteiger partial charge in [0.15, 0.2) is 17.7 Å². The molecule has 0 aliphatic carbocycles. The fourth-order valence-corrected chi connectivity index (χ4v) is 5.02. The number of amides is 1. The van der Waals surface area contributed by atoms with Crippen LogP contribution in [-0.4, -0.2) is 64.8 Å². The average molecular weight is 586 g/mol. The molecule has 4 atom stereocenters. The predicted octanol–water partition coefficient (Wildman–Crippen LogP) is 3.78. The quantitative estimate of drug-likeness (QED) is 0.431. The summed E-state index contributed by atoms with van der Waals surface area (Å²) in [6.45, 7) is 3.85. The fourth-order valence-electron chi connectivity index (χ4n) is 4.45. The number of fused-ring (bicyclic) bond motifs is 1. The highest BCUT2D eigenvalue weighted by molar-refractivity contribution is 7.89. The number of alkyl carbamates (subject to hydrolysis) is 1. The molecule has 1 aromatic heterocycles. The van der Waals surface area contributed by atoms with Gasteiger partial charge < -0.3 is 14.8 Å². The van der Waals surface area contributed by atoms with Gasteiger partial charge in [-0.3, -0.25) is 4.90 Å². The van der Waals surface area contributed by atoms with Gasteiger partial charge in [0.2, 0.25) is 0 Å². The summed E-state index contributed by atoms with van der Waals surface area (Å²) in [5, 5.41) is 6.19. The minimum Gasteiger partial charge on any atom is -0.444 e. The van der Waals surface area contributed by atoms with E-state index in [1.54, 1.807) is 0 Å². The van der Waals surface area contributed by atoms with Crippen molar-refractivity contribution in [3.8, 4) is 0 Å². The number of benzene rings is 1. The third kappa shape index (κ3) is 6.32. The van der Waals surface area contributed by atoms with Crippen LogP contribution in [0.2, 0.25) is 0 Å². The van der Waals surface area contributed by atoms with E-state index in [-0.39, 0.29) is 30.4 Å². The van der Waals surface area contributed by atoms with Gasteiger partial charge in [-0.2, -0.15) is 22.4 Å². The zero-order valence-corrected chi connectivity index (χ0v) is 22.0. The number of hydrogen-bond acceptors (Lipinski definition) is 7. The van der Waals surface area contributed by atoms with Gasteiger partial charge in [-0.15, -0.1) is 0 Å². The van der Waals surface area contributed by atoms with Crippen molar-refractivity contribution in [3.63, 3.8) is 0 Å². The first-order chi connectivity index (χ1) is 18.2. The number of carbonyl (C=O) groups excluding carboxylic acids is 1. The molecule has 0 spiro atoms. The maximum absolute atomic E-state index is 14.8. The number of hydrogen-bond donors (Lipinski definition) is 1. The smallest absolute Gasteiger partial charge is 0.416 e. The second-order valence-corrected chi connectivity index (χ2v) is 12.1. The fraction of sp³-hybridized carbons (Fsp3) is 0.565. The molecule has 1 N–H and O–H groups in total. The molecule has 0 radical (unpaired) electrons. The lowest BCUT2D eigenvalue weighted by Gasteiger charge is -2.45. The van der Waals surface area contributed by atoms with E-state index >= 15 is 0 Å². The largest absolute Gasteiger partial charge is 0.444 e. The van der Waals surface area contributed by atoms with Gasteiger partial charge in [-0.05, 0) is 33.3 Å². The van der Waals surface area contributed by atoms with Gasteiger partial charge in [0.25, 0.3) is 10.0 Å². The van der Waals surface area contributed by atoms with Crippen LogP contribution in [0.1, 0.15) is 51.5 Å². The summed E-state index contributed by atoms with van der Waals surface area (Å²) in [5.41, 5.74) is -1.48. The van der Waals surface area contributed by atoms with Gasteiger partial charge in [-0.25, -0.2) is 26.4 Å². The lowest BCUT2D eigenvalue weighted by atomic mass is 9.88. The molecular formula is C23H26F6N4O5S. The van der Waals surface area contributed by atoms with Crippen molar-refractivity contribution in [2.45, 2.75) is 76.3 Å². The predicted molar refractivity (Wildman–Crippen MR) is 123 cm³/mol. The number of aromatic nitrogens is 2. The number of nitrogens with one attached hydrogen (secondary N) is 1. The molecule has 216 valence electrons. The highest BCUT2D eigenvalue weighted by atomic mass is 32.2. The Morgan fingerprint density at radius 1 is 1.15 bits per heavy atom. The monoisotopic (exact) mass is 585 g/mol. The van der Waals surface area contributed by atoms with Crippen LogP contribution in [0.3, 0.4) is 0 Å². The van der Waals surface area contributed by atoms with Crippen molar-refractivity contribution in [1.29, 1.82) is 0 Å². The molecule has 2 aromatic rings. The summed E-state index contributed by atoms with van der Waals surface area (Å²) >= 11 is 0. The summed E-state index contributed by atoms with van der Waals surface area (Å²) in [6, 6.07) is -3.76. The Bertz CT molecular complexity index is 1410. The van der Waals surface area contributed by atoms with Crippen molar-refractivity contribution >= 4 is 16.1 Å². The molecule has 1 amide bonds. The summed E-state index contributed by atoms with van der Waals surface area (Å²) in [4.78, 5) is 13.6. The average Bonchev–Trinajstić information content (AvgIpc) is 3.34. The summed E-state index contributed by atoms with van der Waals surface area (Å²) in [7, 11) is -3.78. The molecular weight excluding hydrogens is 558 g/mol. The van der Waals surface area contributed by atoms with Crippen LogP contribution < -0.4 is 5.32 Å². The van der Waals surface area contributed by atoms with Crippen LogP contribution in [-0.2, 0) is 32.6 Å². The van der Waals surface area contributed by atoms with Gasteiger partial charge in [0.1, 0.15) is 17.5 Å². The molecule has 39 heavy (non-hydrogen) atoms. The van der Waals surface area contributed by atoms with E-state index in [4.69, 9.17) is 10.8 Å². The van der Waals surface area contributed by atoms with Crippen LogP contribution in [0.5, 0.6) is 0 Å². The van der Waals surface area contributed by atoms with E-state index < -0.39 is 81.6 Å². The molecule has 1 saturated heterocycles. The molecule has 1 aromatic carbocycles. The molecule has 0 unspecified atom stereocenters. The first-order valence-electron chi connectivity index (χ1n) is 12.1. The molecule has 16 heteroatoms. The Labute approximate surface area is 221 Å². The first-order valence-corrected chi connectivity index (χ1v) is 13.4.